The lowest BCUT2D eigenvalue weighted by Crippen LogP contribution is -2.26. The van der Waals surface area contributed by atoms with Gasteiger partial charge in [-0.25, -0.2) is 4.79 Å². The summed E-state index contributed by atoms with van der Waals surface area (Å²) in [6, 6.07) is 14.5. The molecule has 0 aliphatic carbocycles. The summed E-state index contributed by atoms with van der Waals surface area (Å²) in [7, 11) is 0. The molecule has 0 bridgehead atoms. The van der Waals surface area contributed by atoms with Crippen molar-refractivity contribution in [3.63, 3.8) is 0 Å². The highest BCUT2D eigenvalue weighted by Gasteiger charge is 2.16. The fraction of sp³-hybridized carbons (Fsp3) is 0.158. The van der Waals surface area contributed by atoms with Crippen molar-refractivity contribution < 1.29 is 9.53 Å². The number of carbonyl (C=O) groups is 1. The van der Waals surface area contributed by atoms with Crippen LogP contribution in [0.5, 0.6) is 0 Å². The van der Waals surface area contributed by atoms with Gasteiger partial charge in [-0.3, -0.25) is 4.79 Å². The Kier molecular flexibility index (Phi) is 3.96. The molecule has 0 aliphatic rings. The monoisotopic (exact) mass is 348 g/mol. The van der Waals surface area contributed by atoms with Gasteiger partial charge >= 0.3 is 5.97 Å². The Morgan fingerprint density at radius 3 is 2.62 bits per heavy atom. The summed E-state index contributed by atoms with van der Waals surface area (Å²) in [5.41, 5.74) is 1.58. The number of hydrogen-bond donors (Lipinski definition) is 0. The molecule has 4 rings (SSSR count). The number of aryl methyl sites for hydroxylation is 1. The second-order valence-electron chi connectivity index (χ2n) is 5.82. The molecule has 4 aromatic rings. The topological polar surface area (TPSA) is 79.0 Å². The van der Waals surface area contributed by atoms with Crippen molar-refractivity contribution in [1.82, 2.24) is 19.6 Å². The molecule has 0 saturated carbocycles. The van der Waals surface area contributed by atoms with Gasteiger partial charge < -0.3 is 9.30 Å². The van der Waals surface area contributed by atoms with E-state index in [9.17, 15) is 9.59 Å². The van der Waals surface area contributed by atoms with Gasteiger partial charge in [0.05, 0.1) is 10.9 Å². The first-order valence-electron chi connectivity index (χ1n) is 8.26. The normalized spacial score (nSPS) is 11.1. The van der Waals surface area contributed by atoms with Gasteiger partial charge in [0, 0.05) is 23.6 Å². The molecule has 2 aromatic heterocycles. The van der Waals surface area contributed by atoms with Gasteiger partial charge in [-0.05, 0) is 25.1 Å². The zero-order chi connectivity index (χ0) is 18.1. The first-order valence-corrected chi connectivity index (χ1v) is 8.26. The van der Waals surface area contributed by atoms with Crippen LogP contribution in [0.1, 0.15) is 17.3 Å². The summed E-state index contributed by atoms with van der Waals surface area (Å²) >= 11 is 0. The van der Waals surface area contributed by atoms with E-state index < -0.39 is 5.97 Å². The van der Waals surface area contributed by atoms with Crippen LogP contribution >= 0.6 is 0 Å². The highest BCUT2D eigenvalue weighted by Crippen LogP contribution is 2.22. The molecule has 0 fully saturated rings. The number of carbonyl (C=O) groups excluding carboxylic acids is 1. The average molecular weight is 348 g/mol. The number of hydrogen-bond acceptors (Lipinski definition) is 5. The molecule has 0 unspecified atom stereocenters. The van der Waals surface area contributed by atoms with Crippen LogP contribution in [0.15, 0.2) is 59.5 Å². The second-order valence-corrected chi connectivity index (χ2v) is 5.82. The molecule has 0 amide bonds. The van der Waals surface area contributed by atoms with E-state index in [1.165, 1.54) is 0 Å². The van der Waals surface area contributed by atoms with Crippen LogP contribution in [0.2, 0.25) is 0 Å². The largest absolute Gasteiger partial charge is 0.438 e. The number of para-hydroxylation sites is 1. The van der Waals surface area contributed by atoms with Gasteiger partial charge in [0.15, 0.2) is 6.73 Å². The van der Waals surface area contributed by atoms with Crippen molar-refractivity contribution in [2.45, 2.75) is 20.2 Å². The maximum atomic E-state index is 12.5. The highest BCUT2D eigenvalue weighted by molar-refractivity contribution is 6.04. The Morgan fingerprint density at radius 1 is 1.08 bits per heavy atom. The highest BCUT2D eigenvalue weighted by atomic mass is 16.5. The molecular weight excluding hydrogens is 332 g/mol. The van der Waals surface area contributed by atoms with E-state index in [0.717, 1.165) is 22.1 Å². The van der Waals surface area contributed by atoms with Gasteiger partial charge in [0.1, 0.15) is 5.52 Å². The molecule has 130 valence electrons. The Hall–Kier alpha value is -3.48. The Bertz CT molecular complexity index is 1180. The molecule has 2 aromatic carbocycles. The SMILES string of the molecule is CCn1cc(C(=O)OCn2nnc3ccccc3c2=O)c2ccccc21. The van der Waals surface area contributed by atoms with E-state index in [-0.39, 0.29) is 12.3 Å². The van der Waals surface area contributed by atoms with Crippen molar-refractivity contribution >= 4 is 27.8 Å². The van der Waals surface area contributed by atoms with E-state index in [4.69, 9.17) is 4.74 Å². The summed E-state index contributed by atoms with van der Waals surface area (Å²) in [5.74, 6) is -0.504. The lowest BCUT2D eigenvalue weighted by Gasteiger charge is -2.06. The lowest BCUT2D eigenvalue weighted by atomic mass is 10.2. The summed E-state index contributed by atoms with van der Waals surface area (Å²) in [4.78, 5) is 24.9. The molecule has 0 atom stereocenters. The molecule has 0 N–H and O–H groups in total. The molecule has 7 heteroatoms. The third-order valence-electron chi connectivity index (χ3n) is 4.30. The predicted molar refractivity (Wildman–Crippen MR) is 96.8 cm³/mol. The third-order valence-corrected chi connectivity index (χ3v) is 4.30. The molecule has 0 spiro atoms. The minimum Gasteiger partial charge on any atom is -0.438 e. The summed E-state index contributed by atoms with van der Waals surface area (Å²) in [6.07, 6.45) is 1.77. The van der Waals surface area contributed by atoms with Crippen LogP contribution in [-0.2, 0) is 18.0 Å². The first kappa shape index (κ1) is 16.0. The number of esters is 1. The van der Waals surface area contributed by atoms with Crippen molar-refractivity contribution in [3.8, 4) is 0 Å². The lowest BCUT2D eigenvalue weighted by molar-refractivity contribution is 0.0338. The number of fused-ring (bicyclic) bond motifs is 2. The maximum Gasteiger partial charge on any atom is 0.342 e. The van der Waals surface area contributed by atoms with Crippen LogP contribution < -0.4 is 5.56 Å². The number of nitrogens with zero attached hydrogens (tertiary/aromatic N) is 4. The van der Waals surface area contributed by atoms with Gasteiger partial charge in [-0.2, -0.15) is 4.68 Å². The summed E-state index contributed by atoms with van der Waals surface area (Å²) < 4.78 is 8.34. The summed E-state index contributed by atoms with van der Waals surface area (Å²) in [5, 5.41) is 9.05. The fourth-order valence-corrected chi connectivity index (χ4v) is 2.98. The van der Waals surface area contributed by atoms with Crippen LogP contribution in [0.4, 0.5) is 0 Å². The summed E-state index contributed by atoms with van der Waals surface area (Å²) in [6.45, 7) is 2.45. The van der Waals surface area contributed by atoms with Crippen molar-refractivity contribution in [2.75, 3.05) is 0 Å². The second kappa shape index (κ2) is 6.44. The Balaban J connectivity index is 1.62. The maximum absolute atomic E-state index is 12.5. The van der Waals surface area contributed by atoms with E-state index in [1.807, 2.05) is 35.8 Å². The minimum atomic E-state index is -0.504. The predicted octanol–water partition coefficient (Wildman–Crippen LogP) is 2.58. The minimum absolute atomic E-state index is 0.291. The molecule has 0 radical (unpaired) electrons. The first-order chi connectivity index (χ1) is 12.7. The third kappa shape index (κ3) is 2.63. The Morgan fingerprint density at radius 2 is 1.81 bits per heavy atom. The molecular formula is C19H16N4O3. The van der Waals surface area contributed by atoms with E-state index in [0.29, 0.717) is 16.5 Å². The van der Waals surface area contributed by atoms with Gasteiger partial charge in [-0.1, -0.05) is 35.5 Å². The molecule has 7 nitrogen and oxygen atoms in total. The zero-order valence-electron chi connectivity index (χ0n) is 14.1. The number of rotatable bonds is 4. The van der Waals surface area contributed by atoms with E-state index >= 15 is 0 Å². The zero-order valence-corrected chi connectivity index (χ0v) is 14.1. The van der Waals surface area contributed by atoms with Crippen LogP contribution in [0.25, 0.3) is 21.8 Å². The van der Waals surface area contributed by atoms with Crippen LogP contribution in [-0.4, -0.2) is 25.5 Å². The molecule has 26 heavy (non-hydrogen) atoms. The van der Waals surface area contributed by atoms with Gasteiger partial charge in [0.2, 0.25) is 0 Å². The standard InChI is InChI=1S/C19H16N4O3/c1-2-22-11-15(13-7-4-6-10-17(13)22)19(25)26-12-23-18(24)14-8-3-5-9-16(14)20-21-23/h3-11H,2,12H2,1H3. The smallest absolute Gasteiger partial charge is 0.342 e. The van der Waals surface area contributed by atoms with E-state index in [2.05, 4.69) is 10.3 Å². The van der Waals surface area contributed by atoms with Crippen molar-refractivity contribution in [2.24, 2.45) is 0 Å². The van der Waals surface area contributed by atoms with E-state index in [1.54, 1.807) is 30.5 Å². The van der Waals surface area contributed by atoms with Crippen molar-refractivity contribution in [3.05, 3.63) is 70.6 Å². The quantitative estimate of drug-likeness (QED) is 0.530. The average Bonchev–Trinajstić information content (AvgIpc) is 3.06. The molecule has 2 heterocycles. The molecule has 0 saturated heterocycles. The van der Waals surface area contributed by atoms with Crippen LogP contribution in [0, 0.1) is 0 Å². The van der Waals surface area contributed by atoms with Crippen molar-refractivity contribution in [1.29, 1.82) is 0 Å². The number of benzene rings is 2. The van der Waals surface area contributed by atoms with Gasteiger partial charge in [-0.15, -0.1) is 5.10 Å². The molecule has 0 aliphatic heterocycles. The van der Waals surface area contributed by atoms with Crippen LogP contribution in [0.3, 0.4) is 0 Å². The Labute approximate surface area is 148 Å². The number of ether oxygens (including phenoxy) is 1. The number of aromatic nitrogens is 4. The fourth-order valence-electron chi connectivity index (χ4n) is 2.98. The van der Waals surface area contributed by atoms with Gasteiger partial charge in [0.25, 0.3) is 5.56 Å².